The molecule has 0 aliphatic heterocycles. The zero-order chi connectivity index (χ0) is 13.3. The zero-order valence-corrected chi connectivity index (χ0v) is 11.6. The average molecular weight is 275 g/mol. The molecule has 100 valence electrons. The summed E-state index contributed by atoms with van der Waals surface area (Å²) in [5.41, 5.74) is 1.17. The first-order valence-electron chi connectivity index (χ1n) is 6.47. The third kappa shape index (κ3) is 5.45. The van der Waals surface area contributed by atoms with Crippen molar-refractivity contribution in [3.8, 4) is 0 Å². The van der Waals surface area contributed by atoms with Crippen LogP contribution in [0.2, 0.25) is 0 Å². The third-order valence-corrected chi connectivity index (χ3v) is 3.81. The van der Waals surface area contributed by atoms with Crippen LogP contribution in [0.1, 0.15) is 5.56 Å². The average Bonchev–Trinajstić information content (AvgIpc) is 2.46. The van der Waals surface area contributed by atoms with Crippen LogP contribution in [0.25, 0.3) is 0 Å². The van der Waals surface area contributed by atoms with Crippen LogP contribution in [0.4, 0.5) is 4.39 Å². The Kier molecular flexibility index (Phi) is 5.92. The van der Waals surface area contributed by atoms with E-state index in [-0.39, 0.29) is 5.82 Å². The van der Waals surface area contributed by atoms with Crippen LogP contribution in [-0.4, -0.2) is 18.8 Å². The fourth-order valence-electron chi connectivity index (χ4n) is 1.77. The molecule has 1 nitrogen and oxygen atoms in total. The van der Waals surface area contributed by atoms with Gasteiger partial charge in [-0.25, -0.2) is 4.39 Å². The summed E-state index contributed by atoms with van der Waals surface area (Å²) in [6.07, 6.45) is 0.941. The molecule has 0 fully saturated rings. The highest BCUT2D eigenvalue weighted by Gasteiger charge is 1.95. The first-order chi connectivity index (χ1) is 9.34. The highest BCUT2D eigenvalue weighted by Crippen LogP contribution is 2.15. The van der Waals surface area contributed by atoms with Crippen molar-refractivity contribution in [3.05, 3.63) is 66.0 Å². The Morgan fingerprint density at radius 3 is 2.37 bits per heavy atom. The Bertz CT molecular complexity index is 470. The monoisotopic (exact) mass is 275 g/mol. The van der Waals surface area contributed by atoms with E-state index in [4.69, 9.17) is 0 Å². The summed E-state index contributed by atoms with van der Waals surface area (Å²) < 4.78 is 12.7. The minimum atomic E-state index is -0.170. The Balaban J connectivity index is 1.56. The van der Waals surface area contributed by atoms with Crippen LogP contribution in [0, 0.1) is 5.82 Å². The van der Waals surface area contributed by atoms with Crippen molar-refractivity contribution >= 4 is 11.8 Å². The van der Waals surface area contributed by atoms with Gasteiger partial charge in [0.25, 0.3) is 0 Å². The summed E-state index contributed by atoms with van der Waals surface area (Å²) in [6.45, 7) is 1.92. The molecule has 3 heteroatoms. The van der Waals surface area contributed by atoms with Crippen molar-refractivity contribution in [2.45, 2.75) is 11.3 Å². The molecule has 2 rings (SSSR count). The molecule has 1 N–H and O–H groups in total. The van der Waals surface area contributed by atoms with Crippen LogP contribution >= 0.6 is 11.8 Å². The summed E-state index contributed by atoms with van der Waals surface area (Å²) in [6, 6.07) is 17.1. The van der Waals surface area contributed by atoms with Gasteiger partial charge in [0.15, 0.2) is 0 Å². The number of hydrogen-bond acceptors (Lipinski definition) is 2. The van der Waals surface area contributed by atoms with Gasteiger partial charge in [0, 0.05) is 17.2 Å². The van der Waals surface area contributed by atoms with Gasteiger partial charge < -0.3 is 5.32 Å². The Hall–Kier alpha value is -1.32. The number of benzene rings is 2. The molecule has 0 aromatic heterocycles. The molecular formula is C16H18FNS. The van der Waals surface area contributed by atoms with E-state index >= 15 is 0 Å². The van der Waals surface area contributed by atoms with E-state index in [0.29, 0.717) is 0 Å². The maximum absolute atomic E-state index is 12.7. The topological polar surface area (TPSA) is 12.0 Å². The first kappa shape index (κ1) is 14.1. The summed E-state index contributed by atoms with van der Waals surface area (Å²) in [5.74, 6) is 0.893. The minimum absolute atomic E-state index is 0.170. The van der Waals surface area contributed by atoms with Gasteiger partial charge in [0.2, 0.25) is 0 Å². The van der Waals surface area contributed by atoms with E-state index in [2.05, 4.69) is 29.6 Å². The smallest absolute Gasteiger partial charge is 0.123 e. The highest BCUT2D eigenvalue weighted by atomic mass is 32.2. The van der Waals surface area contributed by atoms with Gasteiger partial charge in [0.1, 0.15) is 5.82 Å². The lowest BCUT2D eigenvalue weighted by molar-refractivity contribution is 0.626. The highest BCUT2D eigenvalue weighted by molar-refractivity contribution is 7.99. The van der Waals surface area contributed by atoms with Crippen LogP contribution < -0.4 is 5.32 Å². The predicted molar refractivity (Wildman–Crippen MR) is 80.1 cm³/mol. The summed E-state index contributed by atoms with van der Waals surface area (Å²) in [5, 5.41) is 3.40. The molecule has 2 aromatic rings. The summed E-state index contributed by atoms with van der Waals surface area (Å²) >= 11 is 1.86. The third-order valence-electron chi connectivity index (χ3n) is 2.79. The Morgan fingerprint density at radius 1 is 0.895 bits per heavy atom. The second-order valence-corrected chi connectivity index (χ2v) is 5.46. The van der Waals surface area contributed by atoms with E-state index in [1.54, 1.807) is 0 Å². The molecule has 0 bridgehead atoms. The first-order valence-corrected chi connectivity index (χ1v) is 7.46. The van der Waals surface area contributed by atoms with Gasteiger partial charge in [-0.3, -0.25) is 0 Å². The lowest BCUT2D eigenvalue weighted by Crippen LogP contribution is -2.20. The van der Waals surface area contributed by atoms with Crippen molar-refractivity contribution in [1.82, 2.24) is 5.32 Å². The standard InChI is InChI=1S/C16H18FNS/c17-15-8-6-14(7-9-15)10-11-18-12-13-19-16-4-2-1-3-5-16/h1-9,18H,10-13H2. The van der Waals surface area contributed by atoms with E-state index in [9.17, 15) is 4.39 Å². The number of thioether (sulfide) groups is 1. The van der Waals surface area contributed by atoms with E-state index < -0.39 is 0 Å². The lowest BCUT2D eigenvalue weighted by Gasteiger charge is -2.05. The number of rotatable bonds is 7. The second-order valence-electron chi connectivity index (χ2n) is 4.29. The van der Waals surface area contributed by atoms with Crippen molar-refractivity contribution in [2.24, 2.45) is 0 Å². The molecule has 0 aliphatic rings. The van der Waals surface area contributed by atoms with Crippen LogP contribution in [0.5, 0.6) is 0 Å². The Labute approximate surface area is 118 Å². The van der Waals surface area contributed by atoms with Crippen LogP contribution in [0.3, 0.4) is 0 Å². The lowest BCUT2D eigenvalue weighted by atomic mass is 10.1. The molecule has 2 aromatic carbocycles. The van der Waals surface area contributed by atoms with Crippen LogP contribution in [0.15, 0.2) is 59.5 Å². The van der Waals surface area contributed by atoms with Crippen molar-refractivity contribution in [3.63, 3.8) is 0 Å². The van der Waals surface area contributed by atoms with Crippen molar-refractivity contribution in [1.29, 1.82) is 0 Å². The van der Waals surface area contributed by atoms with E-state index in [1.165, 1.54) is 22.6 Å². The largest absolute Gasteiger partial charge is 0.316 e. The van der Waals surface area contributed by atoms with Gasteiger partial charge in [-0.05, 0) is 42.8 Å². The molecule has 0 atom stereocenters. The van der Waals surface area contributed by atoms with Gasteiger partial charge in [0.05, 0.1) is 0 Å². The second kappa shape index (κ2) is 7.97. The molecule has 0 saturated carbocycles. The van der Waals surface area contributed by atoms with Gasteiger partial charge in [-0.2, -0.15) is 0 Å². The zero-order valence-electron chi connectivity index (χ0n) is 10.8. The SMILES string of the molecule is Fc1ccc(CCNCCSc2ccccc2)cc1. The molecule has 0 spiro atoms. The predicted octanol–water partition coefficient (Wildman–Crippen LogP) is 3.75. The molecule has 19 heavy (non-hydrogen) atoms. The molecule has 0 amide bonds. The number of nitrogens with one attached hydrogen (secondary N) is 1. The Morgan fingerprint density at radius 2 is 1.63 bits per heavy atom. The molecule has 0 aliphatic carbocycles. The molecular weight excluding hydrogens is 257 g/mol. The van der Waals surface area contributed by atoms with Crippen molar-refractivity contribution in [2.75, 3.05) is 18.8 Å². The molecule has 0 saturated heterocycles. The number of halogens is 1. The van der Waals surface area contributed by atoms with Crippen LogP contribution in [-0.2, 0) is 6.42 Å². The normalized spacial score (nSPS) is 10.6. The minimum Gasteiger partial charge on any atom is -0.316 e. The fourth-order valence-corrected chi connectivity index (χ4v) is 2.60. The maximum atomic E-state index is 12.7. The quantitative estimate of drug-likeness (QED) is 0.610. The van der Waals surface area contributed by atoms with E-state index in [1.807, 2.05) is 30.0 Å². The molecule has 0 heterocycles. The molecule has 0 unspecified atom stereocenters. The van der Waals surface area contributed by atoms with Crippen molar-refractivity contribution < 1.29 is 4.39 Å². The fraction of sp³-hybridized carbons (Fsp3) is 0.250. The van der Waals surface area contributed by atoms with Gasteiger partial charge in [-0.1, -0.05) is 30.3 Å². The summed E-state index contributed by atoms with van der Waals surface area (Å²) in [4.78, 5) is 1.31. The van der Waals surface area contributed by atoms with Gasteiger partial charge in [-0.15, -0.1) is 11.8 Å². The van der Waals surface area contributed by atoms with Gasteiger partial charge >= 0.3 is 0 Å². The molecule has 0 radical (unpaired) electrons. The van der Waals surface area contributed by atoms with E-state index in [0.717, 1.165) is 25.3 Å². The number of hydrogen-bond donors (Lipinski definition) is 1. The maximum Gasteiger partial charge on any atom is 0.123 e. The summed E-state index contributed by atoms with van der Waals surface area (Å²) in [7, 11) is 0.